The van der Waals surface area contributed by atoms with Gasteiger partial charge in [0.1, 0.15) is 18.2 Å². The van der Waals surface area contributed by atoms with Crippen LogP contribution in [0.3, 0.4) is 0 Å². The Morgan fingerprint density at radius 1 is 1.41 bits per heavy atom. The number of hydrogen-bond acceptors (Lipinski definition) is 3. The Bertz CT molecular complexity index is 397. The van der Waals surface area contributed by atoms with Crippen LogP contribution < -0.4 is 5.43 Å². The number of hydrogen-bond donors (Lipinski definition) is 1. The summed E-state index contributed by atoms with van der Waals surface area (Å²) in [6.45, 7) is -0.262. The number of ether oxygens (including phenoxy) is 1. The van der Waals surface area contributed by atoms with Crippen molar-refractivity contribution >= 4 is 5.91 Å². The lowest BCUT2D eigenvalue weighted by Gasteiger charge is -2.11. The van der Waals surface area contributed by atoms with Crippen LogP contribution in [0.1, 0.15) is 5.56 Å². The number of nitrogens with one attached hydrogen (secondary N) is 1. The van der Waals surface area contributed by atoms with Crippen LogP contribution in [0.5, 0.6) is 0 Å². The molecule has 0 radical (unpaired) electrons. The van der Waals surface area contributed by atoms with Gasteiger partial charge in [-0.3, -0.25) is 10.2 Å². The molecule has 0 spiro atoms. The summed E-state index contributed by atoms with van der Waals surface area (Å²) in [5.41, 5.74) is 2.68. The monoisotopic (exact) mass is 244 g/mol. The summed E-state index contributed by atoms with van der Waals surface area (Å²) in [5, 5.41) is 1.48. The molecule has 0 aliphatic rings. The molecule has 1 rings (SSSR count). The number of amides is 1. The van der Waals surface area contributed by atoms with Gasteiger partial charge in [0.25, 0.3) is 5.91 Å². The first-order valence-corrected chi connectivity index (χ1v) is 4.97. The Hall–Kier alpha value is -1.53. The van der Waals surface area contributed by atoms with E-state index >= 15 is 0 Å². The number of nitrogens with zero attached hydrogens (tertiary/aromatic N) is 1. The zero-order chi connectivity index (χ0) is 12.8. The fourth-order valence-electron chi connectivity index (χ4n) is 1.17. The molecule has 0 bridgehead atoms. The van der Waals surface area contributed by atoms with Gasteiger partial charge >= 0.3 is 0 Å². The second kappa shape index (κ2) is 6.27. The van der Waals surface area contributed by atoms with Gasteiger partial charge in [0.2, 0.25) is 0 Å². The molecule has 0 unspecified atom stereocenters. The molecular formula is C11H14F2N2O2. The molecule has 0 aromatic heterocycles. The number of benzene rings is 1. The van der Waals surface area contributed by atoms with Crippen LogP contribution >= 0.6 is 0 Å². The van der Waals surface area contributed by atoms with E-state index in [4.69, 9.17) is 4.74 Å². The lowest BCUT2D eigenvalue weighted by atomic mass is 10.2. The quantitative estimate of drug-likeness (QED) is 0.788. The van der Waals surface area contributed by atoms with E-state index in [1.165, 1.54) is 11.1 Å². The van der Waals surface area contributed by atoms with E-state index < -0.39 is 11.6 Å². The normalized spacial score (nSPS) is 10.6. The van der Waals surface area contributed by atoms with Gasteiger partial charge in [-0.05, 0) is 6.07 Å². The van der Waals surface area contributed by atoms with Crippen molar-refractivity contribution in [3.05, 3.63) is 35.4 Å². The molecule has 0 saturated carbocycles. The molecule has 1 aromatic rings. The maximum Gasteiger partial charge on any atom is 0.260 e. The van der Waals surface area contributed by atoms with Gasteiger partial charge < -0.3 is 4.74 Å². The molecule has 4 nitrogen and oxygen atoms in total. The summed E-state index contributed by atoms with van der Waals surface area (Å²) >= 11 is 0. The first-order valence-electron chi connectivity index (χ1n) is 4.97. The van der Waals surface area contributed by atoms with Crippen LogP contribution in [0.2, 0.25) is 0 Å². The van der Waals surface area contributed by atoms with Gasteiger partial charge in [-0.15, -0.1) is 0 Å². The topological polar surface area (TPSA) is 41.6 Å². The van der Waals surface area contributed by atoms with E-state index in [1.54, 1.807) is 14.1 Å². The lowest BCUT2D eigenvalue weighted by molar-refractivity contribution is -0.129. The fraction of sp³-hybridized carbons (Fsp3) is 0.364. The van der Waals surface area contributed by atoms with Crippen molar-refractivity contribution in [1.29, 1.82) is 0 Å². The predicted octanol–water partition coefficient (Wildman–Crippen LogP) is 1.07. The van der Waals surface area contributed by atoms with Crippen molar-refractivity contribution < 1.29 is 18.3 Å². The highest BCUT2D eigenvalue weighted by Gasteiger charge is 2.06. The summed E-state index contributed by atoms with van der Waals surface area (Å²) in [6.07, 6.45) is 0. The van der Waals surface area contributed by atoms with Crippen molar-refractivity contribution in [2.45, 2.75) is 6.61 Å². The molecule has 94 valence electrons. The van der Waals surface area contributed by atoms with Crippen LogP contribution in [0.15, 0.2) is 18.2 Å². The highest BCUT2D eigenvalue weighted by Crippen LogP contribution is 2.10. The summed E-state index contributed by atoms with van der Waals surface area (Å²) in [7, 11) is 3.33. The Morgan fingerprint density at radius 2 is 2.12 bits per heavy atom. The lowest BCUT2D eigenvalue weighted by Crippen LogP contribution is -2.38. The number of rotatable bonds is 5. The van der Waals surface area contributed by atoms with Crippen molar-refractivity contribution in [2.75, 3.05) is 20.7 Å². The first-order chi connectivity index (χ1) is 7.99. The minimum absolute atomic E-state index is 0.0764. The van der Waals surface area contributed by atoms with Gasteiger partial charge in [-0.1, -0.05) is 6.07 Å². The van der Waals surface area contributed by atoms with E-state index in [0.29, 0.717) is 0 Å². The van der Waals surface area contributed by atoms with Gasteiger partial charge in [0.15, 0.2) is 0 Å². The molecule has 0 aliphatic heterocycles. The number of carbonyl (C=O) groups is 1. The number of hydrazine groups is 1. The van der Waals surface area contributed by atoms with E-state index in [-0.39, 0.29) is 24.7 Å². The van der Waals surface area contributed by atoms with Gasteiger partial charge in [-0.25, -0.2) is 13.8 Å². The van der Waals surface area contributed by atoms with E-state index in [0.717, 1.165) is 12.1 Å². The second-order valence-corrected chi connectivity index (χ2v) is 3.66. The average Bonchev–Trinajstić information content (AvgIpc) is 2.20. The summed E-state index contributed by atoms with van der Waals surface area (Å²) in [5.74, 6) is -1.66. The highest BCUT2D eigenvalue weighted by molar-refractivity contribution is 5.76. The van der Waals surface area contributed by atoms with Crippen LogP contribution in [-0.2, 0) is 16.1 Å². The molecule has 1 amide bonds. The third kappa shape index (κ3) is 4.88. The number of carbonyl (C=O) groups excluding carboxylic acids is 1. The standard InChI is InChI=1S/C11H14F2N2O2/c1-15(2)14-11(16)7-17-6-8-3-4-9(12)5-10(8)13/h3-5H,6-7H2,1-2H3,(H,14,16). The largest absolute Gasteiger partial charge is 0.367 e. The van der Waals surface area contributed by atoms with Crippen LogP contribution in [0, 0.1) is 11.6 Å². The highest BCUT2D eigenvalue weighted by atomic mass is 19.1. The Labute approximate surface area is 98.1 Å². The van der Waals surface area contributed by atoms with Gasteiger partial charge in [0, 0.05) is 25.7 Å². The van der Waals surface area contributed by atoms with Gasteiger partial charge in [0.05, 0.1) is 6.61 Å². The molecular weight excluding hydrogens is 230 g/mol. The molecule has 1 N–H and O–H groups in total. The first kappa shape index (κ1) is 13.5. The minimum Gasteiger partial charge on any atom is -0.367 e. The van der Waals surface area contributed by atoms with Crippen molar-refractivity contribution in [2.24, 2.45) is 0 Å². The van der Waals surface area contributed by atoms with Crippen LogP contribution in [0.25, 0.3) is 0 Å². The Kier molecular flexibility index (Phi) is 4.99. The predicted molar refractivity (Wildman–Crippen MR) is 57.8 cm³/mol. The summed E-state index contributed by atoms with van der Waals surface area (Å²) in [6, 6.07) is 3.20. The van der Waals surface area contributed by atoms with Crippen molar-refractivity contribution in [3.8, 4) is 0 Å². The Morgan fingerprint density at radius 3 is 2.71 bits per heavy atom. The molecule has 0 fully saturated rings. The second-order valence-electron chi connectivity index (χ2n) is 3.66. The zero-order valence-electron chi connectivity index (χ0n) is 9.67. The van der Waals surface area contributed by atoms with E-state index in [9.17, 15) is 13.6 Å². The smallest absolute Gasteiger partial charge is 0.260 e. The SMILES string of the molecule is CN(C)NC(=O)COCc1ccc(F)cc1F. The fourth-order valence-corrected chi connectivity index (χ4v) is 1.17. The summed E-state index contributed by atoms with van der Waals surface area (Å²) < 4.78 is 30.7. The van der Waals surface area contributed by atoms with Gasteiger partial charge in [-0.2, -0.15) is 0 Å². The van der Waals surface area contributed by atoms with Crippen molar-refractivity contribution in [3.63, 3.8) is 0 Å². The zero-order valence-corrected chi connectivity index (χ0v) is 9.67. The van der Waals surface area contributed by atoms with Crippen LogP contribution in [-0.4, -0.2) is 31.6 Å². The maximum atomic E-state index is 13.2. The maximum absolute atomic E-state index is 13.2. The molecule has 0 aliphatic carbocycles. The molecule has 0 saturated heterocycles. The third-order valence-corrected chi connectivity index (χ3v) is 1.85. The van der Waals surface area contributed by atoms with E-state index in [2.05, 4.69) is 5.43 Å². The third-order valence-electron chi connectivity index (χ3n) is 1.85. The Balaban J connectivity index is 2.38. The molecule has 0 atom stereocenters. The molecule has 0 heterocycles. The van der Waals surface area contributed by atoms with Crippen LogP contribution in [0.4, 0.5) is 8.78 Å². The van der Waals surface area contributed by atoms with E-state index in [1.807, 2.05) is 0 Å². The number of halogens is 2. The molecule has 1 aromatic carbocycles. The average molecular weight is 244 g/mol. The summed E-state index contributed by atoms with van der Waals surface area (Å²) in [4.78, 5) is 11.2. The van der Waals surface area contributed by atoms with Crippen molar-refractivity contribution in [1.82, 2.24) is 10.4 Å². The molecule has 6 heteroatoms. The minimum atomic E-state index is -0.682. The molecule has 17 heavy (non-hydrogen) atoms.